The Morgan fingerprint density at radius 1 is 1.17 bits per heavy atom. The number of ether oxygens (including phenoxy) is 1. The fraction of sp³-hybridized carbons (Fsp3) is 0.773. The van der Waals surface area contributed by atoms with E-state index in [2.05, 4.69) is 10.3 Å². The maximum Gasteiger partial charge on any atom is 0.276 e. The van der Waals surface area contributed by atoms with E-state index in [-0.39, 0.29) is 23.5 Å². The Bertz CT molecular complexity index is 818. The zero-order valence-corrected chi connectivity index (χ0v) is 16.8. The molecule has 7 nitrogen and oxygen atoms in total. The second-order valence-electron chi connectivity index (χ2n) is 9.83. The van der Waals surface area contributed by atoms with Gasteiger partial charge in [0.25, 0.3) is 5.91 Å². The van der Waals surface area contributed by atoms with Crippen molar-refractivity contribution in [1.82, 2.24) is 15.2 Å². The quantitative estimate of drug-likeness (QED) is 0.823. The van der Waals surface area contributed by atoms with Crippen LogP contribution in [0, 0.1) is 11.8 Å². The highest BCUT2D eigenvalue weighted by atomic mass is 16.5. The van der Waals surface area contributed by atoms with Gasteiger partial charge in [0.05, 0.1) is 24.7 Å². The Labute approximate surface area is 170 Å². The van der Waals surface area contributed by atoms with Gasteiger partial charge in [-0.05, 0) is 56.8 Å². The molecular weight excluding hydrogens is 370 g/mol. The molecule has 1 aromatic rings. The van der Waals surface area contributed by atoms with E-state index in [1.54, 1.807) is 0 Å². The minimum absolute atomic E-state index is 0.0591. The number of hydrogen-bond donors (Lipinski definition) is 1. The average Bonchev–Trinajstić information content (AvgIpc) is 3.51. The van der Waals surface area contributed by atoms with Crippen LogP contribution < -0.4 is 5.32 Å². The number of hydrogen-bond acceptors (Lipinski definition) is 5. The van der Waals surface area contributed by atoms with E-state index in [1.807, 2.05) is 4.90 Å². The summed E-state index contributed by atoms with van der Waals surface area (Å²) in [4.78, 5) is 32.2. The van der Waals surface area contributed by atoms with E-state index >= 15 is 0 Å². The van der Waals surface area contributed by atoms with Crippen LogP contribution in [0.4, 0.5) is 0 Å². The van der Waals surface area contributed by atoms with E-state index in [4.69, 9.17) is 9.15 Å². The molecule has 5 aliphatic rings. The molecule has 1 spiro atoms. The lowest BCUT2D eigenvalue weighted by Gasteiger charge is -2.54. The minimum Gasteiger partial charge on any atom is -0.448 e. The molecule has 4 saturated carbocycles. The van der Waals surface area contributed by atoms with Gasteiger partial charge in [0.15, 0.2) is 11.6 Å². The predicted octanol–water partition coefficient (Wildman–Crippen LogP) is 2.62. The molecule has 2 heterocycles. The third-order valence-electron chi connectivity index (χ3n) is 7.89. The number of fused-ring (bicyclic) bond motifs is 1. The summed E-state index contributed by atoms with van der Waals surface area (Å²) in [6.45, 7) is 0.966. The van der Waals surface area contributed by atoms with Gasteiger partial charge in [-0.15, -0.1) is 0 Å². The molecule has 2 amide bonds. The highest BCUT2D eigenvalue weighted by molar-refractivity contribution is 5.93. The largest absolute Gasteiger partial charge is 0.448 e. The first-order valence-corrected chi connectivity index (χ1v) is 11.3. The van der Waals surface area contributed by atoms with Crippen LogP contribution in [0.3, 0.4) is 0 Å². The van der Waals surface area contributed by atoms with Gasteiger partial charge >= 0.3 is 0 Å². The molecule has 0 aromatic carbocycles. The number of nitrogens with one attached hydrogen (secondary N) is 1. The molecule has 6 rings (SSSR count). The van der Waals surface area contributed by atoms with Crippen LogP contribution in [0.1, 0.15) is 80.1 Å². The second kappa shape index (κ2) is 6.56. The Balaban J connectivity index is 1.11. The highest BCUT2D eigenvalue weighted by Gasteiger charge is 2.54. The predicted molar refractivity (Wildman–Crippen MR) is 103 cm³/mol. The van der Waals surface area contributed by atoms with Crippen molar-refractivity contribution in [3.05, 3.63) is 17.8 Å². The fourth-order valence-electron chi connectivity index (χ4n) is 5.75. The summed E-state index contributed by atoms with van der Waals surface area (Å²) in [5.41, 5.74) is 0.171. The number of carbonyl (C=O) groups excluding carboxylic acids is 2. The van der Waals surface area contributed by atoms with E-state index in [1.165, 1.54) is 25.5 Å². The maximum atomic E-state index is 13.3. The van der Waals surface area contributed by atoms with Gasteiger partial charge < -0.3 is 19.4 Å². The fourth-order valence-corrected chi connectivity index (χ4v) is 5.75. The monoisotopic (exact) mass is 399 g/mol. The molecule has 1 aromatic heterocycles. The molecule has 5 fully saturated rings. The number of oxazole rings is 1. The van der Waals surface area contributed by atoms with Gasteiger partial charge in [-0.3, -0.25) is 9.59 Å². The van der Waals surface area contributed by atoms with E-state index in [0.717, 1.165) is 32.1 Å². The molecule has 29 heavy (non-hydrogen) atoms. The maximum absolute atomic E-state index is 13.3. The van der Waals surface area contributed by atoms with Crippen LogP contribution in [-0.2, 0) is 9.53 Å². The lowest BCUT2D eigenvalue weighted by molar-refractivity contribution is -0.140. The summed E-state index contributed by atoms with van der Waals surface area (Å²) >= 11 is 0. The van der Waals surface area contributed by atoms with Crippen molar-refractivity contribution in [3.8, 4) is 0 Å². The van der Waals surface area contributed by atoms with Crippen molar-refractivity contribution < 1.29 is 18.7 Å². The lowest BCUT2D eigenvalue weighted by Crippen LogP contribution is -2.65. The molecule has 1 aliphatic heterocycles. The smallest absolute Gasteiger partial charge is 0.276 e. The first-order chi connectivity index (χ1) is 14.1. The number of rotatable bonds is 5. The van der Waals surface area contributed by atoms with Gasteiger partial charge in [-0.2, -0.15) is 0 Å². The van der Waals surface area contributed by atoms with Gasteiger partial charge in [0, 0.05) is 18.5 Å². The van der Waals surface area contributed by atoms with Crippen LogP contribution >= 0.6 is 0 Å². The number of carbonyl (C=O) groups is 2. The summed E-state index contributed by atoms with van der Waals surface area (Å²) in [6, 6.07) is 0.381. The molecule has 156 valence electrons. The summed E-state index contributed by atoms with van der Waals surface area (Å²) in [5, 5.41) is 3.20. The topological polar surface area (TPSA) is 84.7 Å². The van der Waals surface area contributed by atoms with Crippen LogP contribution in [0.25, 0.3) is 0 Å². The third kappa shape index (κ3) is 3.09. The second-order valence-corrected chi connectivity index (χ2v) is 9.83. The van der Waals surface area contributed by atoms with Gasteiger partial charge in [0.2, 0.25) is 5.91 Å². The zero-order valence-electron chi connectivity index (χ0n) is 16.8. The molecule has 1 saturated heterocycles. The van der Waals surface area contributed by atoms with E-state index in [9.17, 15) is 9.59 Å². The van der Waals surface area contributed by atoms with Crippen LogP contribution in [0.15, 0.2) is 10.7 Å². The Kier molecular flexibility index (Phi) is 4.05. The Morgan fingerprint density at radius 3 is 2.66 bits per heavy atom. The van der Waals surface area contributed by atoms with Crippen molar-refractivity contribution >= 4 is 11.8 Å². The standard InChI is InChI=1S/C22H29N3O4/c26-18(24-19-15-3-1-4-16(15)19)9-14-10-25(22(12-29-14)7-2-8-22)21(27)17-11-28-20(23-17)13-5-6-13/h11,13-16,19H,1-10,12H2,(H,24,26)/t14?,15-,16+,19?. The average molecular weight is 399 g/mol. The molecule has 0 radical (unpaired) electrons. The normalized spacial score (nSPS) is 34.6. The number of morpholine rings is 1. The molecule has 2 unspecified atom stereocenters. The molecule has 7 heteroatoms. The summed E-state index contributed by atoms with van der Waals surface area (Å²) in [7, 11) is 0. The van der Waals surface area contributed by atoms with Crippen molar-refractivity contribution in [2.75, 3.05) is 13.2 Å². The zero-order chi connectivity index (χ0) is 19.6. The SMILES string of the molecule is O=C(CC1CN(C(=O)c2coc(C3CC3)n2)C2(CCC2)CO1)NC1[C@H]2CCC[C@@H]12. The minimum atomic E-state index is -0.251. The third-order valence-corrected chi connectivity index (χ3v) is 7.89. The van der Waals surface area contributed by atoms with Crippen molar-refractivity contribution in [2.45, 2.75) is 81.4 Å². The molecule has 4 atom stereocenters. The molecular formula is C22H29N3O4. The Hall–Kier alpha value is -1.89. The van der Waals surface area contributed by atoms with Gasteiger partial charge in [-0.1, -0.05) is 6.42 Å². The number of aromatic nitrogens is 1. The highest BCUT2D eigenvalue weighted by Crippen LogP contribution is 2.52. The van der Waals surface area contributed by atoms with Crippen LogP contribution in [-0.4, -0.2) is 52.5 Å². The van der Waals surface area contributed by atoms with Crippen LogP contribution in [0.2, 0.25) is 0 Å². The van der Waals surface area contributed by atoms with Gasteiger partial charge in [0.1, 0.15) is 6.26 Å². The Morgan fingerprint density at radius 2 is 1.97 bits per heavy atom. The first kappa shape index (κ1) is 17.9. The van der Waals surface area contributed by atoms with E-state index in [0.29, 0.717) is 55.0 Å². The lowest BCUT2D eigenvalue weighted by atomic mass is 9.74. The molecule has 0 bridgehead atoms. The van der Waals surface area contributed by atoms with E-state index < -0.39 is 0 Å². The van der Waals surface area contributed by atoms with Crippen LogP contribution in [0.5, 0.6) is 0 Å². The number of nitrogens with zero attached hydrogens (tertiary/aromatic N) is 2. The summed E-state index contributed by atoms with van der Waals surface area (Å²) in [6.07, 6.45) is 10.6. The van der Waals surface area contributed by atoms with Crippen molar-refractivity contribution in [1.29, 1.82) is 0 Å². The molecule has 1 N–H and O–H groups in total. The summed E-state index contributed by atoms with van der Waals surface area (Å²) < 4.78 is 11.6. The van der Waals surface area contributed by atoms with Crippen molar-refractivity contribution in [3.63, 3.8) is 0 Å². The summed E-state index contributed by atoms with van der Waals surface area (Å²) in [5.74, 6) is 2.47. The van der Waals surface area contributed by atoms with Crippen molar-refractivity contribution in [2.24, 2.45) is 11.8 Å². The van der Waals surface area contributed by atoms with Gasteiger partial charge in [-0.25, -0.2) is 4.98 Å². The number of amides is 2. The first-order valence-electron chi connectivity index (χ1n) is 11.3. The molecule has 4 aliphatic carbocycles.